The van der Waals surface area contributed by atoms with Crippen LogP contribution < -0.4 is 10.6 Å². The Morgan fingerprint density at radius 2 is 2.07 bits per heavy atom. The minimum absolute atomic E-state index is 0.163. The number of rotatable bonds is 4. The van der Waals surface area contributed by atoms with Crippen LogP contribution in [0.15, 0.2) is 24.3 Å². The fraction of sp³-hybridized carbons (Fsp3) is 0.350. The summed E-state index contributed by atoms with van der Waals surface area (Å²) in [6.07, 6.45) is 1.72. The maximum absolute atomic E-state index is 12.8. The molecule has 1 aliphatic rings. The molecule has 0 bridgehead atoms. The number of alkyl carbamates (subject to hydrolysis) is 1. The predicted molar refractivity (Wildman–Crippen MR) is 109 cm³/mol. The molecule has 148 valence electrons. The summed E-state index contributed by atoms with van der Waals surface area (Å²) < 4.78 is 4.81. The van der Waals surface area contributed by atoms with Gasteiger partial charge in [-0.15, -0.1) is 11.3 Å². The van der Waals surface area contributed by atoms with E-state index in [9.17, 15) is 14.4 Å². The largest absolute Gasteiger partial charge is 0.450 e. The van der Waals surface area contributed by atoms with Crippen LogP contribution >= 0.6 is 22.9 Å². The van der Waals surface area contributed by atoms with Crippen molar-refractivity contribution >= 4 is 45.8 Å². The van der Waals surface area contributed by atoms with Crippen LogP contribution in [-0.4, -0.2) is 24.5 Å². The van der Waals surface area contributed by atoms with Crippen LogP contribution in [0.4, 0.5) is 9.80 Å². The van der Waals surface area contributed by atoms with Crippen LogP contribution in [-0.2, 0) is 17.6 Å². The van der Waals surface area contributed by atoms with Crippen LogP contribution in [0.3, 0.4) is 0 Å². The average molecular weight is 421 g/mol. The van der Waals surface area contributed by atoms with E-state index in [1.54, 1.807) is 31.2 Å². The summed E-state index contributed by atoms with van der Waals surface area (Å²) in [6.45, 7) is 3.98. The molecule has 8 heteroatoms. The van der Waals surface area contributed by atoms with Crippen molar-refractivity contribution in [1.29, 1.82) is 0 Å². The minimum atomic E-state index is -0.802. The SMILES string of the molecule is CCOC(=O)NC(=O)c1c(NC(=O)c2cccc(Cl)c2)sc2c1CC[C@@H](C)C2. The van der Waals surface area contributed by atoms with Crippen molar-refractivity contribution in [1.82, 2.24) is 5.32 Å². The molecule has 0 saturated heterocycles. The second kappa shape index (κ2) is 8.75. The lowest BCUT2D eigenvalue weighted by molar-refractivity contribution is 0.0925. The summed E-state index contributed by atoms with van der Waals surface area (Å²) in [4.78, 5) is 38.2. The van der Waals surface area contributed by atoms with E-state index in [0.717, 1.165) is 29.7 Å². The van der Waals surface area contributed by atoms with E-state index in [1.165, 1.54) is 11.3 Å². The number of thiophene rings is 1. The minimum Gasteiger partial charge on any atom is -0.450 e. The summed E-state index contributed by atoms with van der Waals surface area (Å²) in [5.41, 5.74) is 1.63. The number of hydrogen-bond acceptors (Lipinski definition) is 5. The van der Waals surface area contributed by atoms with Gasteiger partial charge in [0.2, 0.25) is 0 Å². The topological polar surface area (TPSA) is 84.5 Å². The van der Waals surface area contributed by atoms with Gasteiger partial charge in [-0.1, -0.05) is 24.6 Å². The second-order valence-corrected chi connectivity index (χ2v) is 8.24. The quantitative estimate of drug-likeness (QED) is 0.753. The van der Waals surface area contributed by atoms with Gasteiger partial charge in [0.05, 0.1) is 12.2 Å². The van der Waals surface area contributed by atoms with E-state index in [0.29, 0.717) is 27.1 Å². The molecule has 0 radical (unpaired) electrons. The van der Waals surface area contributed by atoms with Gasteiger partial charge in [-0.3, -0.25) is 14.9 Å². The lowest BCUT2D eigenvalue weighted by Gasteiger charge is -2.18. The summed E-state index contributed by atoms with van der Waals surface area (Å²) in [5.74, 6) is -0.421. The Labute approximate surface area is 172 Å². The molecule has 1 heterocycles. The third-order valence-electron chi connectivity index (χ3n) is 4.54. The Morgan fingerprint density at radius 1 is 1.29 bits per heavy atom. The summed E-state index contributed by atoms with van der Waals surface area (Å²) in [5, 5.41) is 5.95. The number of anilines is 1. The Kier molecular flexibility index (Phi) is 6.36. The lowest BCUT2D eigenvalue weighted by atomic mass is 9.88. The number of carbonyl (C=O) groups excluding carboxylic acids is 3. The highest BCUT2D eigenvalue weighted by Gasteiger charge is 2.29. The van der Waals surface area contributed by atoms with Crippen LogP contribution in [0.5, 0.6) is 0 Å². The molecule has 1 aromatic carbocycles. The zero-order chi connectivity index (χ0) is 20.3. The molecule has 6 nitrogen and oxygen atoms in total. The number of benzene rings is 1. The van der Waals surface area contributed by atoms with Gasteiger partial charge in [0.1, 0.15) is 5.00 Å². The lowest BCUT2D eigenvalue weighted by Crippen LogP contribution is -2.32. The van der Waals surface area contributed by atoms with Crippen LogP contribution in [0.25, 0.3) is 0 Å². The highest BCUT2D eigenvalue weighted by molar-refractivity contribution is 7.17. The molecule has 0 spiro atoms. The van der Waals surface area contributed by atoms with Gasteiger partial charge in [0, 0.05) is 15.5 Å². The highest BCUT2D eigenvalue weighted by Crippen LogP contribution is 2.39. The van der Waals surface area contributed by atoms with Gasteiger partial charge in [-0.2, -0.15) is 0 Å². The molecule has 28 heavy (non-hydrogen) atoms. The first kappa shape index (κ1) is 20.4. The third-order valence-corrected chi connectivity index (χ3v) is 5.95. The molecule has 3 amide bonds. The van der Waals surface area contributed by atoms with Gasteiger partial charge < -0.3 is 10.1 Å². The standard InChI is InChI=1S/C20H21ClN2O4S/c1-3-27-20(26)23-18(25)16-14-8-7-11(2)9-15(14)28-19(16)22-17(24)12-5-4-6-13(21)10-12/h4-6,10-11H,3,7-9H2,1-2H3,(H,22,24)(H,23,25,26)/t11-/m1/s1. The molecule has 0 saturated carbocycles. The van der Waals surface area contributed by atoms with E-state index < -0.39 is 12.0 Å². The Morgan fingerprint density at radius 3 is 2.79 bits per heavy atom. The van der Waals surface area contributed by atoms with E-state index in [2.05, 4.69) is 17.6 Å². The predicted octanol–water partition coefficient (Wildman–Crippen LogP) is 4.66. The first-order chi connectivity index (χ1) is 13.4. The Balaban J connectivity index is 1.92. The van der Waals surface area contributed by atoms with Crippen molar-refractivity contribution in [2.45, 2.75) is 33.1 Å². The number of amides is 3. The first-order valence-corrected chi connectivity index (χ1v) is 10.3. The maximum Gasteiger partial charge on any atom is 0.414 e. The van der Waals surface area contributed by atoms with Gasteiger partial charge >= 0.3 is 6.09 Å². The van der Waals surface area contributed by atoms with Crippen molar-refractivity contribution < 1.29 is 19.1 Å². The second-order valence-electron chi connectivity index (χ2n) is 6.69. The molecule has 1 atom stereocenters. The number of ether oxygens (including phenoxy) is 1. The van der Waals surface area contributed by atoms with Gasteiger partial charge in [-0.25, -0.2) is 4.79 Å². The van der Waals surface area contributed by atoms with E-state index >= 15 is 0 Å². The zero-order valence-corrected chi connectivity index (χ0v) is 17.2. The fourth-order valence-electron chi connectivity index (χ4n) is 3.21. The highest BCUT2D eigenvalue weighted by atomic mass is 35.5. The van der Waals surface area contributed by atoms with Gasteiger partial charge in [-0.05, 0) is 55.9 Å². The number of halogens is 1. The van der Waals surface area contributed by atoms with E-state index in [1.807, 2.05) is 0 Å². The molecule has 1 aliphatic carbocycles. The summed E-state index contributed by atoms with van der Waals surface area (Å²) >= 11 is 7.35. The molecular weight excluding hydrogens is 400 g/mol. The van der Waals surface area contributed by atoms with Gasteiger partial charge in [0.15, 0.2) is 0 Å². The number of hydrogen-bond donors (Lipinski definition) is 2. The number of imide groups is 1. The fourth-order valence-corrected chi connectivity index (χ4v) is 4.80. The van der Waals surface area contributed by atoms with Gasteiger partial charge in [0.25, 0.3) is 11.8 Å². The van der Waals surface area contributed by atoms with Crippen LogP contribution in [0.2, 0.25) is 5.02 Å². The van der Waals surface area contributed by atoms with E-state index in [4.69, 9.17) is 16.3 Å². The zero-order valence-electron chi connectivity index (χ0n) is 15.6. The molecule has 1 aromatic heterocycles. The summed E-state index contributed by atoms with van der Waals surface area (Å²) in [6, 6.07) is 6.58. The van der Waals surface area contributed by atoms with Crippen molar-refractivity contribution in [2.75, 3.05) is 11.9 Å². The first-order valence-electron chi connectivity index (χ1n) is 9.08. The van der Waals surface area contributed by atoms with Crippen LogP contribution in [0.1, 0.15) is 51.4 Å². The molecule has 3 rings (SSSR count). The van der Waals surface area contributed by atoms with Crippen molar-refractivity contribution in [3.8, 4) is 0 Å². The third kappa shape index (κ3) is 4.54. The Hall–Kier alpha value is -2.38. The molecular formula is C20H21ClN2O4S. The van der Waals surface area contributed by atoms with Crippen LogP contribution in [0, 0.1) is 5.92 Å². The normalized spacial score (nSPS) is 15.5. The number of carbonyl (C=O) groups is 3. The number of nitrogens with one attached hydrogen (secondary N) is 2. The van der Waals surface area contributed by atoms with Crippen molar-refractivity contribution in [3.63, 3.8) is 0 Å². The van der Waals surface area contributed by atoms with Crippen molar-refractivity contribution in [3.05, 3.63) is 50.9 Å². The smallest absolute Gasteiger partial charge is 0.414 e. The molecule has 2 aromatic rings. The monoisotopic (exact) mass is 420 g/mol. The Bertz CT molecular complexity index is 925. The number of fused-ring (bicyclic) bond motifs is 1. The van der Waals surface area contributed by atoms with Crippen molar-refractivity contribution in [2.24, 2.45) is 5.92 Å². The molecule has 2 N–H and O–H groups in total. The maximum atomic E-state index is 12.8. The summed E-state index contributed by atoms with van der Waals surface area (Å²) in [7, 11) is 0. The van der Waals surface area contributed by atoms with E-state index in [-0.39, 0.29) is 12.5 Å². The average Bonchev–Trinajstić information content (AvgIpc) is 2.98. The molecule has 0 unspecified atom stereocenters. The molecule has 0 aliphatic heterocycles. The molecule has 0 fully saturated rings.